The lowest BCUT2D eigenvalue weighted by atomic mass is 9.98. The predicted molar refractivity (Wildman–Crippen MR) is 110 cm³/mol. The minimum Gasteiger partial charge on any atom is -0.481 e. The molecule has 2 aromatic carbocycles. The van der Waals surface area contributed by atoms with Gasteiger partial charge >= 0.3 is 12.1 Å². The van der Waals surface area contributed by atoms with Crippen LogP contribution < -0.4 is 5.32 Å². The van der Waals surface area contributed by atoms with Crippen LogP contribution in [0.25, 0.3) is 11.1 Å². The number of amides is 1. The summed E-state index contributed by atoms with van der Waals surface area (Å²) in [4.78, 5) is 27.7. The average Bonchev–Trinajstić information content (AvgIpc) is 3.27. The Bertz CT molecular complexity index is 1020. The van der Waals surface area contributed by atoms with Crippen LogP contribution in [0.3, 0.4) is 0 Å². The molecular formula is C21H17ClN2O4S. The molecule has 29 heavy (non-hydrogen) atoms. The van der Waals surface area contributed by atoms with Crippen molar-refractivity contribution in [2.75, 3.05) is 6.61 Å². The quantitative estimate of drug-likeness (QED) is 0.585. The maximum atomic E-state index is 12.4. The molecule has 1 aliphatic rings. The minimum atomic E-state index is -1.06. The molecule has 0 bridgehead atoms. The highest BCUT2D eigenvalue weighted by molar-refractivity contribution is 7.15. The molecule has 4 rings (SSSR count). The number of hydrogen-bond donors (Lipinski definition) is 2. The Morgan fingerprint density at radius 3 is 2.31 bits per heavy atom. The number of carbonyl (C=O) groups excluding carboxylic acids is 1. The molecule has 0 radical (unpaired) electrons. The number of rotatable bonds is 6. The highest BCUT2D eigenvalue weighted by Gasteiger charge is 2.29. The standard InChI is InChI=1S/C21H17ClN2O4S/c22-18-10-23-20(29-18)17(9-19(25)26)24-21(27)28-11-16-14-7-3-1-5-12(14)13-6-2-4-8-15(13)16/h1-8,10,16-17H,9,11H2,(H,24,27)(H,25,26)/t17-/m1/s1. The number of hydrogen-bond acceptors (Lipinski definition) is 5. The molecule has 8 heteroatoms. The van der Waals surface area contributed by atoms with Crippen LogP contribution in [-0.4, -0.2) is 28.8 Å². The molecule has 0 saturated carbocycles. The number of nitrogens with one attached hydrogen (secondary N) is 1. The van der Waals surface area contributed by atoms with E-state index in [1.807, 2.05) is 36.4 Å². The van der Waals surface area contributed by atoms with Crippen molar-refractivity contribution < 1.29 is 19.4 Å². The van der Waals surface area contributed by atoms with Crippen LogP contribution in [0.1, 0.15) is 34.5 Å². The van der Waals surface area contributed by atoms with Gasteiger partial charge < -0.3 is 15.2 Å². The molecule has 6 nitrogen and oxygen atoms in total. The number of halogens is 1. The molecule has 0 aliphatic heterocycles. The fourth-order valence-corrected chi connectivity index (χ4v) is 4.57. The summed E-state index contributed by atoms with van der Waals surface area (Å²) in [7, 11) is 0. The van der Waals surface area contributed by atoms with Gasteiger partial charge in [-0.1, -0.05) is 60.1 Å². The van der Waals surface area contributed by atoms with Gasteiger partial charge in [-0.3, -0.25) is 4.79 Å². The van der Waals surface area contributed by atoms with Gasteiger partial charge in [0.2, 0.25) is 0 Å². The second-order valence-electron chi connectivity index (χ2n) is 6.62. The second kappa shape index (κ2) is 8.23. The van der Waals surface area contributed by atoms with Gasteiger partial charge in [0.25, 0.3) is 0 Å². The van der Waals surface area contributed by atoms with Crippen LogP contribution in [0, 0.1) is 0 Å². The molecule has 2 N–H and O–H groups in total. The number of aliphatic carboxylic acids is 1. The largest absolute Gasteiger partial charge is 0.481 e. The molecule has 1 aromatic heterocycles. The van der Waals surface area contributed by atoms with Gasteiger partial charge in [0.15, 0.2) is 0 Å². The van der Waals surface area contributed by atoms with Crippen LogP contribution in [0.15, 0.2) is 54.7 Å². The smallest absolute Gasteiger partial charge is 0.407 e. The third-order valence-corrected chi connectivity index (χ3v) is 6.04. The van der Waals surface area contributed by atoms with E-state index in [1.165, 1.54) is 6.20 Å². The summed E-state index contributed by atoms with van der Waals surface area (Å²) in [6.45, 7) is 0.151. The summed E-state index contributed by atoms with van der Waals surface area (Å²) in [6.07, 6.45) is 0.425. The fraction of sp³-hybridized carbons (Fsp3) is 0.190. The third kappa shape index (κ3) is 4.11. The molecule has 0 fully saturated rings. The monoisotopic (exact) mass is 428 g/mol. The lowest BCUT2D eigenvalue weighted by Crippen LogP contribution is -2.31. The lowest BCUT2D eigenvalue weighted by molar-refractivity contribution is -0.137. The second-order valence-corrected chi connectivity index (χ2v) is 8.32. The first-order valence-corrected chi connectivity index (χ1v) is 10.2. The number of thiazole rings is 1. The van der Waals surface area contributed by atoms with Crippen LogP contribution in [0.4, 0.5) is 4.79 Å². The van der Waals surface area contributed by atoms with E-state index >= 15 is 0 Å². The normalized spacial score (nSPS) is 13.4. The molecule has 1 aliphatic carbocycles. The van der Waals surface area contributed by atoms with Crippen molar-refractivity contribution in [3.05, 3.63) is 75.2 Å². The number of ether oxygens (including phenoxy) is 1. The Kier molecular flexibility index (Phi) is 5.51. The molecule has 1 amide bonds. The summed E-state index contributed by atoms with van der Waals surface area (Å²) >= 11 is 7.01. The molecule has 3 aromatic rings. The maximum absolute atomic E-state index is 12.4. The molecule has 0 saturated heterocycles. The van der Waals surface area contributed by atoms with Gasteiger partial charge in [-0.2, -0.15) is 0 Å². The Morgan fingerprint density at radius 2 is 1.76 bits per heavy atom. The SMILES string of the molecule is O=C(O)C[C@@H](NC(=O)OCC1c2ccccc2-c2ccccc21)c1ncc(Cl)s1. The zero-order valence-electron chi connectivity index (χ0n) is 15.2. The van der Waals surface area contributed by atoms with Gasteiger partial charge in [-0.15, -0.1) is 11.3 Å². The van der Waals surface area contributed by atoms with Crippen molar-refractivity contribution >= 4 is 35.0 Å². The van der Waals surface area contributed by atoms with Crippen molar-refractivity contribution in [2.45, 2.75) is 18.4 Å². The lowest BCUT2D eigenvalue weighted by Gasteiger charge is -2.17. The first kappa shape index (κ1) is 19.4. The van der Waals surface area contributed by atoms with Crippen LogP contribution in [-0.2, 0) is 9.53 Å². The molecule has 148 valence electrons. The Labute approximate surface area is 176 Å². The highest BCUT2D eigenvalue weighted by atomic mass is 35.5. The number of carboxylic acid groups (broad SMARTS) is 1. The maximum Gasteiger partial charge on any atom is 0.407 e. The van der Waals surface area contributed by atoms with Gasteiger partial charge in [0.05, 0.1) is 18.7 Å². The summed E-state index contributed by atoms with van der Waals surface area (Å²) < 4.78 is 5.90. The number of carbonyl (C=O) groups is 2. The van der Waals surface area contributed by atoms with Gasteiger partial charge in [0.1, 0.15) is 16.0 Å². The summed E-state index contributed by atoms with van der Waals surface area (Å²) in [6, 6.07) is 15.3. The van der Waals surface area contributed by atoms with Crippen molar-refractivity contribution in [1.82, 2.24) is 10.3 Å². The minimum absolute atomic E-state index is 0.0691. The molecule has 1 heterocycles. The van der Waals surface area contributed by atoms with E-state index in [4.69, 9.17) is 21.4 Å². The molecule has 0 unspecified atom stereocenters. The van der Waals surface area contributed by atoms with E-state index in [9.17, 15) is 9.59 Å². The highest BCUT2D eigenvalue weighted by Crippen LogP contribution is 2.44. The van der Waals surface area contributed by atoms with E-state index in [0.29, 0.717) is 9.34 Å². The molecule has 1 atom stereocenters. The summed E-state index contributed by atoms with van der Waals surface area (Å²) in [5.41, 5.74) is 4.49. The van der Waals surface area contributed by atoms with Gasteiger partial charge in [0, 0.05) is 5.92 Å². The number of aromatic nitrogens is 1. The summed E-state index contributed by atoms with van der Waals surface area (Å²) in [5, 5.41) is 12.2. The van der Waals surface area contributed by atoms with Gasteiger partial charge in [-0.25, -0.2) is 9.78 Å². The van der Waals surface area contributed by atoms with E-state index in [-0.39, 0.29) is 18.9 Å². The fourth-order valence-electron chi connectivity index (χ4n) is 3.59. The van der Waals surface area contributed by atoms with Gasteiger partial charge in [-0.05, 0) is 22.3 Å². The Hall–Kier alpha value is -2.90. The van der Waals surface area contributed by atoms with Crippen molar-refractivity contribution in [3.63, 3.8) is 0 Å². The average molecular weight is 429 g/mol. The van der Waals surface area contributed by atoms with E-state index in [2.05, 4.69) is 22.4 Å². The van der Waals surface area contributed by atoms with Crippen LogP contribution in [0.5, 0.6) is 0 Å². The summed E-state index contributed by atoms with van der Waals surface area (Å²) in [5.74, 6) is -1.12. The number of carboxylic acids is 1. The molecule has 0 spiro atoms. The number of benzene rings is 2. The van der Waals surface area contributed by atoms with E-state index in [0.717, 1.165) is 33.6 Å². The Morgan fingerprint density at radius 1 is 1.14 bits per heavy atom. The zero-order chi connectivity index (χ0) is 20.4. The zero-order valence-corrected chi connectivity index (χ0v) is 16.7. The number of alkyl carbamates (subject to hydrolysis) is 1. The number of nitrogens with zero attached hydrogens (tertiary/aromatic N) is 1. The van der Waals surface area contributed by atoms with Crippen LogP contribution >= 0.6 is 22.9 Å². The van der Waals surface area contributed by atoms with Crippen molar-refractivity contribution in [1.29, 1.82) is 0 Å². The first-order chi connectivity index (χ1) is 14.0. The topological polar surface area (TPSA) is 88.5 Å². The van der Waals surface area contributed by atoms with Crippen molar-refractivity contribution in [2.24, 2.45) is 0 Å². The third-order valence-electron chi connectivity index (χ3n) is 4.81. The predicted octanol–water partition coefficient (Wildman–Crippen LogP) is 4.85. The van der Waals surface area contributed by atoms with E-state index < -0.39 is 18.1 Å². The Balaban J connectivity index is 1.47. The van der Waals surface area contributed by atoms with Crippen molar-refractivity contribution in [3.8, 4) is 11.1 Å². The molecular weight excluding hydrogens is 412 g/mol. The van der Waals surface area contributed by atoms with Crippen LogP contribution in [0.2, 0.25) is 4.34 Å². The number of fused-ring (bicyclic) bond motifs is 3. The first-order valence-electron chi connectivity index (χ1n) is 8.97. The van der Waals surface area contributed by atoms with E-state index in [1.54, 1.807) is 0 Å².